The Morgan fingerprint density at radius 3 is 2.73 bits per heavy atom. The van der Waals surface area contributed by atoms with Gasteiger partial charge in [-0.3, -0.25) is 9.88 Å². The van der Waals surface area contributed by atoms with Gasteiger partial charge in [0.05, 0.1) is 11.4 Å². The highest BCUT2D eigenvalue weighted by atomic mass is 15.1. The van der Waals surface area contributed by atoms with E-state index in [9.17, 15) is 0 Å². The smallest absolute Gasteiger partial charge is 0.0772 e. The van der Waals surface area contributed by atoms with Gasteiger partial charge in [-0.25, -0.2) is 0 Å². The van der Waals surface area contributed by atoms with E-state index >= 15 is 0 Å². The molecule has 0 aliphatic carbocycles. The van der Waals surface area contributed by atoms with Gasteiger partial charge in [0, 0.05) is 18.8 Å². The lowest BCUT2D eigenvalue weighted by atomic mass is 10.2. The highest BCUT2D eigenvalue weighted by Gasteiger charge is 2.11. The average Bonchev–Trinajstić information content (AvgIpc) is 2.20. The van der Waals surface area contributed by atoms with Crippen molar-refractivity contribution in [1.82, 2.24) is 9.88 Å². The molecule has 0 saturated heterocycles. The van der Waals surface area contributed by atoms with Crippen LogP contribution in [0.3, 0.4) is 0 Å². The molecular formula is C12H21N3. The Bertz CT molecular complexity index is 297. The number of anilines is 1. The molecule has 0 radical (unpaired) electrons. The largest absolute Gasteiger partial charge is 0.397 e. The molecule has 3 nitrogen and oxygen atoms in total. The van der Waals surface area contributed by atoms with Crippen molar-refractivity contribution in [2.75, 3.05) is 12.3 Å². The lowest BCUT2D eigenvalue weighted by Gasteiger charge is -2.25. The summed E-state index contributed by atoms with van der Waals surface area (Å²) < 4.78 is 0. The minimum Gasteiger partial charge on any atom is -0.397 e. The Morgan fingerprint density at radius 2 is 2.20 bits per heavy atom. The number of nitrogens with two attached hydrogens (primary N) is 1. The predicted octanol–water partition coefficient (Wildman–Crippen LogP) is 2.28. The zero-order chi connectivity index (χ0) is 11.3. The second kappa shape index (κ2) is 5.71. The van der Waals surface area contributed by atoms with Gasteiger partial charge in [-0.1, -0.05) is 6.92 Å². The van der Waals surface area contributed by atoms with Crippen LogP contribution >= 0.6 is 0 Å². The van der Waals surface area contributed by atoms with Gasteiger partial charge in [0.25, 0.3) is 0 Å². The molecule has 1 aromatic rings. The lowest BCUT2D eigenvalue weighted by molar-refractivity contribution is 0.211. The number of nitrogens with zero attached hydrogens (tertiary/aromatic N) is 2. The van der Waals surface area contributed by atoms with Crippen LogP contribution in [0.1, 0.15) is 32.9 Å². The molecule has 0 amide bonds. The van der Waals surface area contributed by atoms with Crippen LogP contribution in [0.2, 0.25) is 0 Å². The fourth-order valence-corrected chi connectivity index (χ4v) is 1.58. The second-order valence-corrected chi connectivity index (χ2v) is 4.10. The molecule has 0 bridgehead atoms. The summed E-state index contributed by atoms with van der Waals surface area (Å²) >= 11 is 0. The van der Waals surface area contributed by atoms with Crippen LogP contribution in [0.25, 0.3) is 0 Å². The number of pyridine rings is 1. The van der Waals surface area contributed by atoms with Gasteiger partial charge in [0.15, 0.2) is 0 Å². The van der Waals surface area contributed by atoms with E-state index in [0.717, 1.165) is 30.9 Å². The topological polar surface area (TPSA) is 42.2 Å². The SMILES string of the molecule is CCCN(Cc1ncccc1N)C(C)C. The zero-order valence-electron chi connectivity index (χ0n) is 9.90. The Labute approximate surface area is 92.3 Å². The predicted molar refractivity (Wildman–Crippen MR) is 64.5 cm³/mol. The number of hydrogen-bond donors (Lipinski definition) is 1. The monoisotopic (exact) mass is 207 g/mol. The number of aromatic nitrogens is 1. The summed E-state index contributed by atoms with van der Waals surface area (Å²) in [4.78, 5) is 6.70. The highest BCUT2D eigenvalue weighted by Crippen LogP contribution is 2.12. The third-order valence-corrected chi connectivity index (χ3v) is 2.52. The van der Waals surface area contributed by atoms with E-state index in [1.165, 1.54) is 0 Å². The van der Waals surface area contributed by atoms with Crippen molar-refractivity contribution in [3.8, 4) is 0 Å². The number of rotatable bonds is 5. The van der Waals surface area contributed by atoms with E-state index in [1.807, 2.05) is 12.1 Å². The quantitative estimate of drug-likeness (QED) is 0.805. The van der Waals surface area contributed by atoms with Crippen molar-refractivity contribution < 1.29 is 0 Å². The summed E-state index contributed by atoms with van der Waals surface area (Å²) in [7, 11) is 0. The van der Waals surface area contributed by atoms with E-state index < -0.39 is 0 Å². The molecule has 0 spiro atoms. The molecule has 0 fully saturated rings. The first-order chi connectivity index (χ1) is 7.15. The molecule has 0 unspecified atom stereocenters. The van der Waals surface area contributed by atoms with Gasteiger partial charge in [-0.15, -0.1) is 0 Å². The fraction of sp³-hybridized carbons (Fsp3) is 0.583. The third kappa shape index (κ3) is 3.51. The first-order valence-corrected chi connectivity index (χ1v) is 5.58. The Morgan fingerprint density at radius 1 is 1.47 bits per heavy atom. The van der Waals surface area contributed by atoms with Crippen LogP contribution in [0.5, 0.6) is 0 Å². The van der Waals surface area contributed by atoms with E-state index in [2.05, 4.69) is 30.7 Å². The molecular weight excluding hydrogens is 186 g/mol. The van der Waals surface area contributed by atoms with Gasteiger partial charge in [-0.05, 0) is 38.9 Å². The van der Waals surface area contributed by atoms with Gasteiger partial charge in [0.1, 0.15) is 0 Å². The molecule has 1 rings (SSSR count). The Hall–Kier alpha value is -1.09. The first kappa shape index (κ1) is 12.0. The number of hydrogen-bond acceptors (Lipinski definition) is 3. The van der Waals surface area contributed by atoms with Crippen molar-refractivity contribution in [2.45, 2.75) is 39.8 Å². The van der Waals surface area contributed by atoms with Gasteiger partial charge in [-0.2, -0.15) is 0 Å². The van der Waals surface area contributed by atoms with Crippen LogP contribution in [0.15, 0.2) is 18.3 Å². The molecule has 0 aliphatic rings. The molecule has 1 aromatic heterocycles. The summed E-state index contributed by atoms with van der Waals surface area (Å²) in [5.74, 6) is 0. The summed E-state index contributed by atoms with van der Waals surface area (Å²) in [5, 5.41) is 0. The summed E-state index contributed by atoms with van der Waals surface area (Å²) in [6, 6.07) is 4.32. The molecule has 84 valence electrons. The van der Waals surface area contributed by atoms with E-state index in [4.69, 9.17) is 5.73 Å². The molecule has 15 heavy (non-hydrogen) atoms. The molecule has 0 atom stereocenters. The average molecular weight is 207 g/mol. The Balaban J connectivity index is 2.69. The molecule has 3 heteroatoms. The van der Waals surface area contributed by atoms with Crippen LogP contribution < -0.4 is 5.73 Å². The van der Waals surface area contributed by atoms with Crippen molar-refractivity contribution in [3.63, 3.8) is 0 Å². The van der Waals surface area contributed by atoms with Gasteiger partial charge >= 0.3 is 0 Å². The highest BCUT2D eigenvalue weighted by molar-refractivity contribution is 5.41. The van der Waals surface area contributed by atoms with Crippen molar-refractivity contribution in [1.29, 1.82) is 0 Å². The van der Waals surface area contributed by atoms with E-state index in [1.54, 1.807) is 6.20 Å². The molecule has 2 N–H and O–H groups in total. The maximum absolute atomic E-state index is 5.88. The normalized spacial score (nSPS) is 11.3. The van der Waals surface area contributed by atoms with Crippen LogP contribution in [-0.4, -0.2) is 22.5 Å². The summed E-state index contributed by atoms with van der Waals surface area (Å²) in [6.07, 6.45) is 2.96. The zero-order valence-corrected chi connectivity index (χ0v) is 9.90. The van der Waals surface area contributed by atoms with Crippen molar-refractivity contribution in [3.05, 3.63) is 24.0 Å². The summed E-state index contributed by atoms with van der Waals surface area (Å²) in [6.45, 7) is 8.53. The van der Waals surface area contributed by atoms with Gasteiger partial charge < -0.3 is 5.73 Å². The maximum atomic E-state index is 5.88. The minimum absolute atomic E-state index is 0.534. The first-order valence-electron chi connectivity index (χ1n) is 5.58. The Kier molecular flexibility index (Phi) is 4.56. The van der Waals surface area contributed by atoms with Crippen LogP contribution in [-0.2, 0) is 6.54 Å². The molecule has 0 aliphatic heterocycles. The van der Waals surface area contributed by atoms with Gasteiger partial charge in [0.2, 0.25) is 0 Å². The molecule has 0 saturated carbocycles. The van der Waals surface area contributed by atoms with Crippen molar-refractivity contribution >= 4 is 5.69 Å². The van der Waals surface area contributed by atoms with E-state index in [-0.39, 0.29) is 0 Å². The molecule has 0 aromatic carbocycles. The van der Waals surface area contributed by atoms with Crippen LogP contribution in [0, 0.1) is 0 Å². The standard InChI is InChI=1S/C12H21N3/c1-4-8-15(10(2)3)9-12-11(13)6-5-7-14-12/h5-7,10H,4,8-9,13H2,1-3H3. The summed E-state index contributed by atoms with van der Waals surface area (Å²) in [5.41, 5.74) is 7.65. The lowest BCUT2D eigenvalue weighted by Crippen LogP contribution is -2.31. The fourth-order valence-electron chi connectivity index (χ4n) is 1.58. The second-order valence-electron chi connectivity index (χ2n) is 4.10. The van der Waals surface area contributed by atoms with Crippen LogP contribution in [0.4, 0.5) is 5.69 Å². The third-order valence-electron chi connectivity index (χ3n) is 2.52. The number of nitrogen functional groups attached to an aromatic ring is 1. The molecule has 1 heterocycles. The minimum atomic E-state index is 0.534. The maximum Gasteiger partial charge on any atom is 0.0772 e. The van der Waals surface area contributed by atoms with E-state index in [0.29, 0.717) is 6.04 Å². The van der Waals surface area contributed by atoms with Crippen molar-refractivity contribution in [2.24, 2.45) is 0 Å².